The fourth-order valence-electron chi connectivity index (χ4n) is 2.74. The highest BCUT2D eigenvalue weighted by Gasteiger charge is 2.09. The molecule has 0 radical (unpaired) electrons. The van der Waals surface area contributed by atoms with E-state index in [0.717, 1.165) is 39.3 Å². The molecule has 0 unspecified atom stereocenters. The van der Waals surface area contributed by atoms with Crippen LogP contribution >= 0.6 is 11.3 Å². The van der Waals surface area contributed by atoms with E-state index >= 15 is 0 Å². The summed E-state index contributed by atoms with van der Waals surface area (Å²) in [5, 5.41) is 9.21. The average Bonchev–Trinajstić information content (AvgIpc) is 3.01. The summed E-state index contributed by atoms with van der Waals surface area (Å²) < 4.78 is 6.58. The topological polar surface area (TPSA) is 53.6 Å². The van der Waals surface area contributed by atoms with E-state index in [1.165, 1.54) is 15.6 Å². The van der Waals surface area contributed by atoms with Gasteiger partial charge in [0.05, 0.1) is 13.2 Å². The van der Waals surface area contributed by atoms with Gasteiger partial charge in [0.2, 0.25) is 0 Å². The second-order valence-electron chi connectivity index (χ2n) is 5.67. The third kappa shape index (κ3) is 4.67. The number of thiophene rings is 1. The Hall–Kier alpha value is -1.63. The molecule has 1 aromatic heterocycles. The van der Waals surface area contributed by atoms with Gasteiger partial charge in [-0.1, -0.05) is 18.2 Å². The number of benzene rings is 1. The molecule has 0 spiro atoms. The number of nitrogens with one attached hydrogen (secondary N) is 2. The van der Waals surface area contributed by atoms with E-state index in [1.54, 1.807) is 11.3 Å². The number of rotatable bonds is 6. The van der Waals surface area contributed by atoms with Gasteiger partial charge in [0.15, 0.2) is 0 Å². The number of nitrogens with zero attached hydrogens (tertiary/aromatic N) is 1. The highest BCUT2D eigenvalue weighted by atomic mass is 32.1. The van der Waals surface area contributed by atoms with Crippen LogP contribution in [0.25, 0.3) is 10.1 Å². The van der Waals surface area contributed by atoms with Crippen molar-refractivity contribution in [1.29, 1.82) is 0 Å². The molecule has 0 saturated carbocycles. The van der Waals surface area contributed by atoms with Gasteiger partial charge in [0.25, 0.3) is 0 Å². The van der Waals surface area contributed by atoms with Crippen molar-refractivity contribution in [3.63, 3.8) is 0 Å². The first-order valence-corrected chi connectivity index (χ1v) is 8.98. The number of carbonyl (C=O) groups excluding carboxylic acids is 1. The van der Waals surface area contributed by atoms with Gasteiger partial charge in [-0.15, -0.1) is 11.3 Å². The first kappa shape index (κ1) is 16.2. The van der Waals surface area contributed by atoms with Crippen LogP contribution in [0.5, 0.6) is 0 Å². The van der Waals surface area contributed by atoms with Gasteiger partial charge in [-0.3, -0.25) is 4.90 Å². The smallest absolute Gasteiger partial charge is 0.315 e. The van der Waals surface area contributed by atoms with Gasteiger partial charge in [0.1, 0.15) is 0 Å². The third-order valence-corrected chi connectivity index (χ3v) is 5.05. The van der Waals surface area contributed by atoms with Crippen LogP contribution in [-0.2, 0) is 11.3 Å². The Morgan fingerprint density at radius 3 is 2.91 bits per heavy atom. The summed E-state index contributed by atoms with van der Waals surface area (Å²) in [4.78, 5) is 14.2. The van der Waals surface area contributed by atoms with Gasteiger partial charge in [-0.2, -0.15) is 0 Å². The summed E-state index contributed by atoms with van der Waals surface area (Å²) >= 11 is 1.72. The molecule has 0 atom stereocenters. The number of hydrogen-bond acceptors (Lipinski definition) is 4. The van der Waals surface area contributed by atoms with E-state index in [4.69, 9.17) is 4.74 Å². The van der Waals surface area contributed by atoms with Crippen molar-refractivity contribution in [3.8, 4) is 0 Å². The van der Waals surface area contributed by atoms with Crippen molar-refractivity contribution in [2.45, 2.75) is 13.0 Å². The van der Waals surface area contributed by atoms with E-state index in [1.807, 2.05) is 12.1 Å². The minimum Gasteiger partial charge on any atom is -0.379 e. The van der Waals surface area contributed by atoms with Crippen LogP contribution in [0, 0.1) is 0 Å². The molecule has 5 nitrogen and oxygen atoms in total. The zero-order chi connectivity index (χ0) is 15.9. The molecule has 2 heterocycles. The Bertz CT molecular complexity index is 638. The number of hydrogen-bond donors (Lipinski definition) is 2. The van der Waals surface area contributed by atoms with Gasteiger partial charge < -0.3 is 15.4 Å². The van der Waals surface area contributed by atoms with Crippen LogP contribution < -0.4 is 10.6 Å². The molecule has 23 heavy (non-hydrogen) atoms. The molecule has 2 amide bonds. The molecule has 0 aliphatic carbocycles. The molecule has 2 aromatic rings. The number of amides is 2. The SMILES string of the molecule is O=C(NCCCN1CCOCC1)NCc1csc2ccccc12. The summed E-state index contributed by atoms with van der Waals surface area (Å²) in [7, 11) is 0. The van der Waals surface area contributed by atoms with Crippen molar-refractivity contribution < 1.29 is 9.53 Å². The first-order valence-electron chi connectivity index (χ1n) is 8.10. The summed E-state index contributed by atoms with van der Waals surface area (Å²) in [6.07, 6.45) is 0.967. The number of carbonyl (C=O) groups is 1. The van der Waals surface area contributed by atoms with Crippen LogP contribution in [0.1, 0.15) is 12.0 Å². The normalized spacial score (nSPS) is 15.7. The molecule has 2 N–H and O–H groups in total. The Morgan fingerprint density at radius 1 is 1.22 bits per heavy atom. The van der Waals surface area contributed by atoms with Crippen molar-refractivity contribution in [2.24, 2.45) is 0 Å². The van der Waals surface area contributed by atoms with E-state index < -0.39 is 0 Å². The summed E-state index contributed by atoms with van der Waals surface area (Å²) in [5.74, 6) is 0. The van der Waals surface area contributed by atoms with Gasteiger partial charge in [0, 0.05) is 30.9 Å². The van der Waals surface area contributed by atoms with Crippen LogP contribution in [0.3, 0.4) is 0 Å². The predicted molar refractivity (Wildman–Crippen MR) is 93.9 cm³/mol. The third-order valence-electron chi connectivity index (χ3n) is 4.04. The zero-order valence-electron chi connectivity index (χ0n) is 13.2. The highest BCUT2D eigenvalue weighted by Crippen LogP contribution is 2.25. The second kappa shape index (κ2) is 8.29. The average molecular weight is 333 g/mol. The van der Waals surface area contributed by atoms with E-state index in [9.17, 15) is 4.79 Å². The number of urea groups is 1. The molecule has 124 valence electrons. The zero-order valence-corrected chi connectivity index (χ0v) is 14.0. The lowest BCUT2D eigenvalue weighted by Gasteiger charge is -2.26. The Kier molecular flexibility index (Phi) is 5.85. The van der Waals surface area contributed by atoms with Crippen molar-refractivity contribution >= 4 is 27.5 Å². The highest BCUT2D eigenvalue weighted by molar-refractivity contribution is 7.17. The molecule has 0 bridgehead atoms. The molecule has 1 aromatic carbocycles. The lowest BCUT2D eigenvalue weighted by molar-refractivity contribution is 0.0375. The van der Waals surface area contributed by atoms with Gasteiger partial charge in [-0.25, -0.2) is 4.79 Å². The maximum atomic E-state index is 11.9. The molecule has 3 rings (SSSR count). The van der Waals surface area contributed by atoms with E-state index in [0.29, 0.717) is 13.1 Å². The molecule has 1 fully saturated rings. The van der Waals surface area contributed by atoms with Crippen molar-refractivity contribution in [2.75, 3.05) is 39.4 Å². The largest absolute Gasteiger partial charge is 0.379 e. The van der Waals surface area contributed by atoms with E-state index in [-0.39, 0.29) is 6.03 Å². The number of morpholine rings is 1. The minimum absolute atomic E-state index is 0.0951. The minimum atomic E-state index is -0.0951. The van der Waals surface area contributed by atoms with Crippen molar-refractivity contribution in [3.05, 3.63) is 35.2 Å². The molecule has 1 aliphatic heterocycles. The Labute approximate surface area is 140 Å². The monoisotopic (exact) mass is 333 g/mol. The number of ether oxygens (including phenoxy) is 1. The lowest BCUT2D eigenvalue weighted by atomic mass is 10.2. The van der Waals surface area contributed by atoms with Crippen LogP contribution in [0.2, 0.25) is 0 Å². The number of fused-ring (bicyclic) bond motifs is 1. The summed E-state index contributed by atoms with van der Waals surface area (Å²) in [6, 6.07) is 8.18. The van der Waals surface area contributed by atoms with Crippen LogP contribution in [0.4, 0.5) is 4.79 Å². The van der Waals surface area contributed by atoms with Crippen LogP contribution in [0.15, 0.2) is 29.6 Å². The quantitative estimate of drug-likeness (QED) is 0.798. The van der Waals surface area contributed by atoms with Gasteiger partial charge in [-0.05, 0) is 35.4 Å². The Morgan fingerprint density at radius 2 is 2.04 bits per heavy atom. The first-order chi connectivity index (χ1) is 11.3. The predicted octanol–water partition coefficient (Wildman–Crippen LogP) is 2.42. The fraction of sp³-hybridized carbons (Fsp3) is 0.471. The molecule has 6 heteroatoms. The fourth-order valence-corrected chi connectivity index (χ4v) is 3.70. The standard InChI is InChI=1S/C17H23N3O2S/c21-17(18-6-3-7-20-8-10-22-11-9-20)19-12-14-13-23-16-5-2-1-4-15(14)16/h1-2,4-5,13H,3,6-12H2,(H2,18,19,21). The lowest BCUT2D eigenvalue weighted by Crippen LogP contribution is -2.39. The second-order valence-corrected chi connectivity index (χ2v) is 6.59. The molecular weight excluding hydrogens is 310 g/mol. The molecule has 1 saturated heterocycles. The van der Waals surface area contributed by atoms with Crippen LogP contribution in [-0.4, -0.2) is 50.3 Å². The maximum absolute atomic E-state index is 11.9. The molecular formula is C17H23N3O2S. The summed E-state index contributed by atoms with van der Waals surface area (Å²) in [6.45, 7) is 5.92. The molecule has 1 aliphatic rings. The van der Waals surface area contributed by atoms with Crippen molar-refractivity contribution in [1.82, 2.24) is 15.5 Å². The summed E-state index contributed by atoms with van der Waals surface area (Å²) in [5.41, 5.74) is 1.18. The van der Waals surface area contributed by atoms with E-state index in [2.05, 4.69) is 33.0 Å². The Balaban J connectivity index is 1.35. The maximum Gasteiger partial charge on any atom is 0.315 e. The van der Waals surface area contributed by atoms with Gasteiger partial charge >= 0.3 is 6.03 Å².